The van der Waals surface area contributed by atoms with E-state index in [9.17, 15) is 5.11 Å². The Balaban J connectivity index is 4.07. The molecule has 3 atom stereocenters. The van der Waals surface area contributed by atoms with Crippen LogP contribution in [0.15, 0.2) is 0 Å². The van der Waals surface area contributed by atoms with Crippen LogP contribution in [0.25, 0.3) is 0 Å². The predicted octanol–water partition coefficient (Wildman–Crippen LogP) is 2.40. The van der Waals surface area contributed by atoms with Gasteiger partial charge in [0, 0.05) is 0 Å². The zero-order chi connectivity index (χ0) is 11.1. The van der Waals surface area contributed by atoms with E-state index >= 15 is 0 Å². The molecule has 0 aromatic carbocycles. The Labute approximate surface area is 88.9 Å². The maximum atomic E-state index is 10.1. The third-order valence-electron chi connectivity index (χ3n) is 2.89. The molecule has 86 valence electrons. The van der Waals surface area contributed by atoms with Crippen LogP contribution < -0.4 is 5.73 Å². The number of aliphatic hydroxyl groups is 1. The second kappa shape index (κ2) is 7.24. The summed E-state index contributed by atoms with van der Waals surface area (Å²) in [6.45, 7) is 9.24. The first-order valence-electron chi connectivity index (χ1n) is 5.91. The second-order valence-corrected chi connectivity index (χ2v) is 4.88. The summed E-state index contributed by atoms with van der Waals surface area (Å²) in [5.41, 5.74) is 5.70. The van der Waals surface area contributed by atoms with Gasteiger partial charge in [-0.2, -0.15) is 0 Å². The minimum Gasteiger partial charge on any atom is -0.393 e. The highest BCUT2D eigenvalue weighted by Crippen LogP contribution is 2.22. The van der Waals surface area contributed by atoms with Crippen molar-refractivity contribution in [3.63, 3.8) is 0 Å². The van der Waals surface area contributed by atoms with Gasteiger partial charge in [-0.25, -0.2) is 0 Å². The number of nitrogens with two attached hydrogens (primary N) is 1. The lowest BCUT2D eigenvalue weighted by molar-refractivity contribution is 0.0477. The summed E-state index contributed by atoms with van der Waals surface area (Å²) in [5.74, 6) is 1.27. The molecule has 0 aliphatic rings. The van der Waals surface area contributed by atoms with Crippen molar-refractivity contribution in [2.24, 2.45) is 23.5 Å². The zero-order valence-electron chi connectivity index (χ0n) is 10.2. The van der Waals surface area contributed by atoms with Gasteiger partial charge in [0.05, 0.1) is 6.10 Å². The molecule has 3 unspecified atom stereocenters. The van der Waals surface area contributed by atoms with Gasteiger partial charge >= 0.3 is 0 Å². The van der Waals surface area contributed by atoms with Gasteiger partial charge in [0.2, 0.25) is 0 Å². The van der Waals surface area contributed by atoms with Gasteiger partial charge in [0.25, 0.3) is 0 Å². The second-order valence-electron chi connectivity index (χ2n) is 4.88. The molecule has 0 aromatic rings. The van der Waals surface area contributed by atoms with Crippen LogP contribution in [0, 0.1) is 17.8 Å². The van der Waals surface area contributed by atoms with E-state index in [1.807, 2.05) is 0 Å². The lowest BCUT2D eigenvalue weighted by atomic mass is 9.84. The van der Waals surface area contributed by atoms with Gasteiger partial charge < -0.3 is 10.8 Å². The minimum absolute atomic E-state index is 0.220. The lowest BCUT2D eigenvalue weighted by Gasteiger charge is -2.27. The first kappa shape index (κ1) is 13.9. The molecule has 0 saturated heterocycles. The first-order valence-corrected chi connectivity index (χ1v) is 5.91. The summed E-state index contributed by atoms with van der Waals surface area (Å²) in [5, 5.41) is 10.1. The van der Waals surface area contributed by atoms with E-state index < -0.39 is 0 Å². The normalized spacial score (nSPS) is 18.2. The van der Waals surface area contributed by atoms with Crippen LogP contribution in [0.1, 0.15) is 47.0 Å². The Kier molecular flexibility index (Phi) is 7.20. The standard InChI is InChI=1S/C12H27NO/c1-5-6-10(4)12(14)11(8-13)7-9(2)3/h9-12,14H,5-8,13H2,1-4H3. The number of rotatable bonds is 7. The van der Waals surface area contributed by atoms with E-state index in [0.717, 1.165) is 19.3 Å². The van der Waals surface area contributed by atoms with Gasteiger partial charge in [-0.1, -0.05) is 34.1 Å². The molecule has 0 heterocycles. The molecule has 0 aliphatic heterocycles. The number of aliphatic hydroxyl groups excluding tert-OH is 1. The third-order valence-corrected chi connectivity index (χ3v) is 2.89. The van der Waals surface area contributed by atoms with Gasteiger partial charge in [-0.15, -0.1) is 0 Å². The summed E-state index contributed by atoms with van der Waals surface area (Å²) < 4.78 is 0. The summed E-state index contributed by atoms with van der Waals surface area (Å²) in [6.07, 6.45) is 3.04. The highest BCUT2D eigenvalue weighted by Gasteiger charge is 2.23. The summed E-state index contributed by atoms with van der Waals surface area (Å²) in [7, 11) is 0. The molecule has 3 N–H and O–H groups in total. The van der Waals surface area contributed by atoms with Gasteiger partial charge in [0.15, 0.2) is 0 Å². The molecule has 0 spiro atoms. The molecular formula is C12H27NO. The lowest BCUT2D eigenvalue weighted by Crippen LogP contribution is -2.33. The van der Waals surface area contributed by atoms with Crippen molar-refractivity contribution in [2.45, 2.75) is 53.1 Å². The van der Waals surface area contributed by atoms with Crippen LogP contribution in [0.3, 0.4) is 0 Å². The SMILES string of the molecule is CCCC(C)C(O)C(CN)CC(C)C. The van der Waals surface area contributed by atoms with Crippen molar-refractivity contribution in [1.29, 1.82) is 0 Å². The summed E-state index contributed by atoms with van der Waals surface area (Å²) in [4.78, 5) is 0. The fraction of sp³-hybridized carbons (Fsp3) is 1.00. The van der Waals surface area contributed by atoms with Gasteiger partial charge in [0.1, 0.15) is 0 Å². The van der Waals surface area contributed by atoms with Gasteiger partial charge in [-0.3, -0.25) is 0 Å². The van der Waals surface area contributed by atoms with Crippen LogP contribution in [0.5, 0.6) is 0 Å². The van der Waals surface area contributed by atoms with E-state index in [1.165, 1.54) is 0 Å². The Morgan fingerprint density at radius 3 is 2.14 bits per heavy atom. The molecule has 2 heteroatoms. The monoisotopic (exact) mass is 201 g/mol. The van der Waals surface area contributed by atoms with Crippen LogP contribution >= 0.6 is 0 Å². The molecule has 0 radical (unpaired) electrons. The number of hydrogen-bond donors (Lipinski definition) is 2. The molecule has 0 amide bonds. The van der Waals surface area contributed by atoms with E-state index in [-0.39, 0.29) is 12.0 Å². The predicted molar refractivity (Wildman–Crippen MR) is 62.1 cm³/mol. The van der Waals surface area contributed by atoms with Crippen LogP contribution in [0.2, 0.25) is 0 Å². The molecule has 2 nitrogen and oxygen atoms in total. The average Bonchev–Trinajstić information content (AvgIpc) is 2.13. The van der Waals surface area contributed by atoms with Crippen LogP contribution in [0.4, 0.5) is 0 Å². The molecule has 14 heavy (non-hydrogen) atoms. The maximum absolute atomic E-state index is 10.1. The minimum atomic E-state index is -0.220. The topological polar surface area (TPSA) is 46.2 Å². The summed E-state index contributed by atoms with van der Waals surface area (Å²) >= 11 is 0. The highest BCUT2D eigenvalue weighted by molar-refractivity contribution is 4.75. The van der Waals surface area contributed by atoms with Crippen molar-refractivity contribution in [3.05, 3.63) is 0 Å². The number of hydrogen-bond acceptors (Lipinski definition) is 2. The molecule has 0 fully saturated rings. The van der Waals surface area contributed by atoms with Crippen molar-refractivity contribution in [3.8, 4) is 0 Å². The fourth-order valence-corrected chi connectivity index (χ4v) is 2.07. The van der Waals surface area contributed by atoms with E-state index in [1.54, 1.807) is 0 Å². The van der Waals surface area contributed by atoms with Crippen molar-refractivity contribution >= 4 is 0 Å². The highest BCUT2D eigenvalue weighted by atomic mass is 16.3. The largest absolute Gasteiger partial charge is 0.393 e. The Morgan fingerprint density at radius 2 is 1.79 bits per heavy atom. The summed E-state index contributed by atoms with van der Waals surface area (Å²) in [6, 6.07) is 0. The van der Waals surface area contributed by atoms with E-state index in [4.69, 9.17) is 5.73 Å². The van der Waals surface area contributed by atoms with Crippen LogP contribution in [-0.4, -0.2) is 17.8 Å². The smallest absolute Gasteiger partial charge is 0.0606 e. The Morgan fingerprint density at radius 1 is 1.21 bits per heavy atom. The molecule has 0 bridgehead atoms. The molecule has 0 aromatic heterocycles. The molecular weight excluding hydrogens is 174 g/mol. The van der Waals surface area contributed by atoms with Crippen LogP contribution in [-0.2, 0) is 0 Å². The van der Waals surface area contributed by atoms with E-state index in [0.29, 0.717) is 18.4 Å². The first-order chi connectivity index (χ1) is 6.52. The average molecular weight is 201 g/mol. The fourth-order valence-electron chi connectivity index (χ4n) is 2.07. The Hall–Kier alpha value is -0.0800. The van der Waals surface area contributed by atoms with Crippen molar-refractivity contribution < 1.29 is 5.11 Å². The van der Waals surface area contributed by atoms with Crippen molar-refractivity contribution in [2.75, 3.05) is 6.54 Å². The quantitative estimate of drug-likeness (QED) is 0.664. The van der Waals surface area contributed by atoms with Crippen molar-refractivity contribution in [1.82, 2.24) is 0 Å². The third kappa shape index (κ3) is 4.97. The molecule has 0 aliphatic carbocycles. The maximum Gasteiger partial charge on any atom is 0.0606 e. The molecule has 0 saturated carbocycles. The zero-order valence-corrected chi connectivity index (χ0v) is 10.2. The molecule has 0 rings (SSSR count). The Bertz CT molecular complexity index is 136. The van der Waals surface area contributed by atoms with Gasteiger partial charge in [-0.05, 0) is 37.1 Å². The van der Waals surface area contributed by atoms with E-state index in [2.05, 4.69) is 27.7 Å².